The van der Waals surface area contributed by atoms with Crippen LogP contribution < -0.4 is 5.32 Å². The van der Waals surface area contributed by atoms with Crippen molar-refractivity contribution in [3.05, 3.63) is 34.9 Å². The van der Waals surface area contributed by atoms with Crippen LogP contribution >= 0.6 is 11.6 Å². The van der Waals surface area contributed by atoms with Gasteiger partial charge in [0.25, 0.3) is 5.91 Å². The molecule has 1 aromatic carbocycles. The maximum absolute atomic E-state index is 12.0. The van der Waals surface area contributed by atoms with Gasteiger partial charge in [-0.05, 0) is 36.0 Å². The fraction of sp³-hybridized carbons (Fsp3) is 0.556. The zero-order valence-corrected chi connectivity index (χ0v) is 14.4. The summed E-state index contributed by atoms with van der Waals surface area (Å²) in [6, 6.07) is 7.18. The highest BCUT2D eigenvalue weighted by Crippen LogP contribution is 2.29. The first-order valence-electron chi connectivity index (χ1n) is 8.15. The molecule has 1 aliphatic rings. The van der Waals surface area contributed by atoms with Crippen molar-refractivity contribution in [2.75, 3.05) is 6.61 Å². The van der Waals surface area contributed by atoms with Crippen LogP contribution in [-0.4, -0.2) is 24.5 Å². The predicted molar refractivity (Wildman–Crippen MR) is 90.2 cm³/mol. The van der Waals surface area contributed by atoms with Gasteiger partial charge in [0, 0.05) is 11.1 Å². The molecule has 1 fully saturated rings. The van der Waals surface area contributed by atoms with Crippen LogP contribution in [0.2, 0.25) is 5.02 Å². The molecule has 0 radical (unpaired) electrons. The summed E-state index contributed by atoms with van der Waals surface area (Å²) < 4.78 is 5.06. The van der Waals surface area contributed by atoms with E-state index in [0.29, 0.717) is 16.9 Å². The third kappa shape index (κ3) is 5.54. The van der Waals surface area contributed by atoms with Crippen LogP contribution in [-0.2, 0) is 20.7 Å². The Bertz CT molecular complexity index is 544. The molecule has 0 heterocycles. The van der Waals surface area contributed by atoms with E-state index < -0.39 is 5.97 Å². The number of amides is 1. The summed E-state index contributed by atoms with van der Waals surface area (Å²) in [6.07, 6.45) is 3.48. The molecule has 0 bridgehead atoms. The Labute approximate surface area is 142 Å². The van der Waals surface area contributed by atoms with Gasteiger partial charge in [-0.3, -0.25) is 9.59 Å². The number of rotatable bonds is 5. The van der Waals surface area contributed by atoms with E-state index in [1.165, 1.54) is 6.42 Å². The third-order valence-corrected chi connectivity index (χ3v) is 4.93. The van der Waals surface area contributed by atoms with E-state index in [1.807, 2.05) is 0 Å². The molecule has 0 saturated heterocycles. The smallest absolute Gasteiger partial charge is 0.310 e. The first-order valence-corrected chi connectivity index (χ1v) is 8.53. The van der Waals surface area contributed by atoms with Crippen molar-refractivity contribution in [3.8, 4) is 0 Å². The summed E-state index contributed by atoms with van der Waals surface area (Å²) in [7, 11) is 0. The van der Waals surface area contributed by atoms with E-state index in [0.717, 1.165) is 18.4 Å². The zero-order valence-electron chi connectivity index (χ0n) is 13.7. The summed E-state index contributed by atoms with van der Waals surface area (Å²) in [6.45, 7) is 4.17. The van der Waals surface area contributed by atoms with E-state index in [9.17, 15) is 9.59 Å². The van der Waals surface area contributed by atoms with Crippen LogP contribution in [0.5, 0.6) is 0 Å². The Morgan fingerprint density at radius 2 is 1.91 bits per heavy atom. The SMILES string of the molecule is C[C@H]1[C@@H](NC(=O)COC(=O)Cc2ccc(Cl)cc2)CCC[C@@H]1C. The minimum absolute atomic E-state index is 0.140. The van der Waals surface area contributed by atoms with Crippen molar-refractivity contribution in [1.29, 1.82) is 0 Å². The number of benzene rings is 1. The van der Waals surface area contributed by atoms with Gasteiger partial charge in [-0.1, -0.05) is 50.4 Å². The molecule has 2 rings (SSSR count). The van der Waals surface area contributed by atoms with Crippen molar-refractivity contribution in [3.63, 3.8) is 0 Å². The molecule has 1 aromatic rings. The molecule has 0 aromatic heterocycles. The monoisotopic (exact) mass is 337 g/mol. The Kier molecular flexibility index (Phi) is 6.46. The summed E-state index contributed by atoms with van der Waals surface area (Å²) >= 11 is 5.80. The summed E-state index contributed by atoms with van der Waals surface area (Å²) in [5.41, 5.74) is 0.814. The fourth-order valence-corrected chi connectivity index (χ4v) is 3.13. The third-order valence-electron chi connectivity index (χ3n) is 4.68. The average Bonchev–Trinajstić information content (AvgIpc) is 2.52. The lowest BCUT2D eigenvalue weighted by Crippen LogP contribution is -2.45. The van der Waals surface area contributed by atoms with Crippen LogP contribution in [0.3, 0.4) is 0 Å². The second kappa shape index (κ2) is 8.34. The molecular weight excluding hydrogens is 314 g/mol. The molecule has 5 heteroatoms. The quantitative estimate of drug-likeness (QED) is 0.838. The van der Waals surface area contributed by atoms with E-state index in [-0.39, 0.29) is 25.0 Å². The van der Waals surface area contributed by atoms with Gasteiger partial charge >= 0.3 is 5.97 Å². The molecule has 1 saturated carbocycles. The molecule has 0 aliphatic heterocycles. The number of esters is 1. The molecule has 0 spiro atoms. The highest BCUT2D eigenvalue weighted by atomic mass is 35.5. The normalized spacial score (nSPS) is 24.0. The van der Waals surface area contributed by atoms with E-state index in [2.05, 4.69) is 19.2 Å². The van der Waals surface area contributed by atoms with Crippen molar-refractivity contribution in [1.82, 2.24) is 5.32 Å². The Morgan fingerprint density at radius 1 is 1.22 bits per heavy atom. The molecule has 126 valence electrons. The van der Waals surface area contributed by atoms with Gasteiger partial charge in [-0.15, -0.1) is 0 Å². The largest absolute Gasteiger partial charge is 0.455 e. The number of hydrogen-bond donors (Lipinski definition) is 1. The Hall–Kier alpha value is -1.55. The number of nitrogens with one attached hydrogen (secondary N) is 1. The standard InChI is InChI=1S/C18H24ClNO3/c1-12-4-3-5-16(13(12)2)20-17(21)11-23-18(22)10-14-6-8-15(19)9-7-14/h6-9,12-13,16H,3-5,10-11H2,1-2H3,(H,20,21)/t12-,13+,16-/m0/s1. The molecule has 23 heavy (non-hydrogen) atoms. The van der Waals surface area contributed by atoms with Crippen LogP contribution in [0.1, 0.15) is 38.7 Å². The molecule has 3 atom stereocenters. The maximum Gasteiger partial charge on any atom is 0.310 e. The summed E-state index contributed by atoms with van der Waals surface area (Å²) in [5.74, 6) is 0.437. The van der Waals surface area contributed by atoms with Gasteiger partial charge in [0.15, 0.2) is 6.61 Å². The van der Waals surface area contributed by atoms with Gasteiger partial charge in [0.05, 0.1) is 6.42 Å². The number of halogens is 1. The molecule has 1 aliphatic carbocycles. The number of hydrogen-bond acceptors (Lipinski definition) is 3. The fourth-order valence-electron chi connectivity index (χ4n) is 3.00. The van der Waals surface area contributed by atoms with Crippen molar-refractivity contribution >= 4 is 23.5 Å². The first-order chi connectivity index (χ1) is 11.0. The zero-order chi connectivity index (χ0) is 16.8. The van der Waals surface area contributed by atoms with Crippen molar-refractivity contribution < 1.29 is 14.3 Å². The number of ether oxygens (including phenoxy) is 1. The lowest BCUT2D eigenvalue weighted by atomic mass is 9.78. The average molecular weight is 338 g/mol. The van der Waals surface area contributed by atoms with Crippen LogP contribution in [0, 0.1) is 11.8 Å². The highest BCUT2D eigenvalue weighted by molar-refractivity contribution is 6.30. The molecule has 0 unspecified atom stereocenters. The van der Waals surface area contributed by atoms with E-state index >= 15 is 0 Å². The summed E-state index contributed by atoms with van der Waals surface area (Å²) in [4.78, 5) is 23.7. The first kappa shape index (κ1) is 17.8. The lowest BCUT2D eigenvalue weighted by molar-refractivity contribution is -0.148. The van der Waals surface area contributed by atoms with Crippen LogP contribution in [0.25, 0.3) is 0 Å². The van der Waals surface area contributed by atoms with Gasteiger partial charge in [0.2, 0.25) is 0 Å². The maximum atomic E-state index is 12.0. The van der Waals surface area contributed by atoms with Gasteiger partial charge in [-0.2, -0.15) is 0 Å². The second-order valence-corrected chi connectivity index (χ2v) is 6.84. The Balaban J connectivity index is 1.73. The van der Waals surface area contributed by atoms with Gasteiger partial charge in [-0.25, -0.2) is 0 Å². The number of carbonyl (C=O) groups is 2. The second-order valence-electron chi connectivity index (χ2n) is 6.41. The molecule has 1 amide bonds. The molecular formula is C18H24ClNO3. The van der Waals surface area contributed by atoms with E-state index in [4.69, 9.17) is 16.3 Å². The predicted octanol–water partition coefficient (Wildman–Crippen LogP) is 3.37. The van der Waals surface area contributed by atoms with Gasteiger partial charge in [0.1, 0.15) is 0 Å². The van der Waals surface area contributed by atoms with Crippen molar-refractivity contribution in [2.24, 2.45) is 11.8 Å². The van der Waals surface area contributed by atoms with Crippen LogP contribution in [0.15, 0.2) is 24.3 Å². The minimum atomic E-state index is -0.410. The van der Waals surface area contributed by atoms with Crippen molar-refractivity contribution in [2.45, 2.75) is 45.6 Å². The molecule has 4 nitrogen and oxygen atoms in total. The van der Waals surface area contributed by atoms with Gasteiger partial charge < -0.3 is 10.1 Å². The number of carbonyl (C=O) groups excluding carboxylic acids is 2. The van der Waals surface area contributed by atoms with E-state index in [1.54, 1.807) is 24.3 Å². The van der Waals surface area contributed by atoms with Crippen LogP contribution in [0.4, 0.5) is 0 Å². The lowest BCUT2D eigenvalue weighted by Gasteiger charge is -2.34. The Morgan fingerprint density at radius 3 is 2.61 bits per heavy atom. The highest BCUT2D eigenvalue weighted by Gasteiger charge is 2.28. The topological polar surface area (TPSA) is 55.4 Å². The minimum Gasteiger partial charge on any atom is -0.455 e. The molecule has 1 N–H and O–H groups in total. The summed E-state index contributed by atoms with van der Waals surface area (Å²) in [5, 5.41) is 3.61.